The molecule has 162 valence electrons. The zero-order valence-electron chi connectivity index (χ0n) is 16.9. The summed E-state index contributed by atoms with van der Waals surface area (Å²) < 4.78 is 0. The molecule has 1 aliphatic heterocycles. The van der Waals surface area contributed by atoms with E-state index in [1.54, 1.807) is 0 Å². The third kappa shape index (κ3) is 3.79. The van der Waals surface area contributed by atoms with Crippen molar-refractivity contribution >= 4 is 24.1 Å². The van der Waals surface area contributed by atoms with Crippen LogP contribution in [0.15, 0.2) is 29.1 Å². The van der Waals surface area contributed by atoms with Gasteiger partial charge in [-0.2, -0.15) is 0 Å². The molecule has 5 N–H and O–H groups in total. The third-order valence-corrected chi connectivity index (χ3v) is 6.53. The average Bonchev–Trinajstić information content (AvgIpc) is 3.13. The Labute approximate surface area is 181 Å². The van der Waals surface area contributed by atoms with E-state index in [1.165, 1.54) is 12.8 Å². The maximum Gasteiger partial charge on any atom is 0.345 e. The van der Waals surface area contributed by atoms with Gasteiger partial charge < -0.3 is 25.8 Å². The van der Waals surface area contributed by atoms with Crippen LogP contribution in [-0.4, -0.2) is 40.3 Å². The van der Waals surface area contributed by atoms with Crippen molar-refractivity contribution in [2.75, 3.05) is 18.0 Å². The first kappa shape index (κ1) is 22.2. The van der Waals surface area contributed by atoms with E-state index < -0.39 is 22.8 Å². The minimum Gasteiger partial charge on any atom is -0.506 e. The van der Waals surface area contributed by atoms with Gasteiger partial charge in [0.25, 0.3) is 5.56 Å². The van der Waals surface area contributed by atoms with Gasteiger partial charge in [0, 0.05) is 30.4 Å². The van der Waals surface area contributed by atoms with E-state index in [4.69, 9.17) is 5.73 Å². The standard InChI is InChI=1S/C22H27N3O4.ClH/c1-2-15-19(24-21(27)18(20(15)26)22(28)29)12-6-8-14(9-7-12)25-10-13-4-3-5-17(23)16(13)11-25;/h6-9,13,16-17H,2-5,10-11,23H2,1H3,(H,28,29)(H2,24,26,27);1H/t13-,16+,17+;/m1./s1. The van der Waals surface area contributed by atoms with E-state index in [1.807, 2.05) is 31.2 Å². The second kappa shape index (κ2) is 8.70. The number of carboxylic acids is 1. The van der Waals surface area contributed by atoms with Gasteiger partial charge in [-0.05, 0) is 48.8 Å². The molecule has 30 heavy (non-hydrogen) atoms. The molecule has 0 spiro atoms. The van der Waals surface area contributed by atoms with Crippen LogP contribution in [0.2, 0.25) is 0 Å². The lowest BCUT2D eigenvalue weighted by Gasteiger charge is -2.29. The topological polar surface area (TPSA) is 120 Å². The second-order valence-corrected chi connectivity index (χ2v) is 8.16. The number of carboxylic acid groups (broad SMARTS) is 1. The van der Waals surface area contributed by atoms with Crippen LogP contribution in [0.3, 0.4) is 0 Å². The van der Waals surface area contributed by atoms with Crippen molar-refractivity contribution in [3.05, 3.63) is 45.7 Å². The van der Waals surface area contributed by atoms with Gasteiger partial charge in [0.1, 0.15) is 5.75 Å². The van der Waals surface area contributed by atoms with Crippen molar-refractivity contribution < 1.29 is 15.0 Å². The number of carbonyl (C=O) groups is 1. The fourth-order valence-electron chi connectivity index (χ4n) is 4.98. The number of rotatable bonds is 4. The predicted octanol–water partition coefficient (Wildman–Crippen LogP) is 2.99. The van der Waals surface area contributed by atoms with Crippen molar-refractivity contribution in [1.29, 1.82) is 0 Å². The maximum atomic E-state index is 12.2. The highest BCUT2D eigenvalue weighted by atomic mass is 35.5. The number of fused-ring (bicyclic) bond motifs is 1. The van der Waals surface area contributed by atoms with Crippen LogP contribution in [0.4, 0.5) is 5.69 Å². The van der Waals surface area contributed by atoms with Crippen LogP contribution < -0.4 is 16.2 Å². The quantitative estimate of drug-likeness (QED) is 0.588. The number of aromatic amines is 1. The minimum absolute atomic E-state index is 0. The summed E-state index contributed by atoms with van der Waals surface area (Å²) in [5.74, 6) is -0.691. The van der Waals surface area contributed by atoms with Gasteiger partial charge >= 0.3 is 5.97 Å². The van der Waals surface area contributed by atoms with E-state index in [2.05, 4.69) is 9.88 Å². The highest BCUT2D eigenvalue weighted by Crippen LogP contribution is 2.38. The van der Waals surface area contributed by atoms with E-state index in [0.717, 1.165) is 30.8 Å². The molecule has 8 heteroatoms. The third-order valence-electron chi connectivity index (χ3n) is 6.53. The van der Waals surface area contributed by atoms with Crippen LogP contribution in [-0.2, 0) is 6.42 Å². The summed E-state index contributed by atoms with van der Waals surface area (Å²) in [6.45, 7) is 3.80. The number of anilines is 1. The molecular formula is C22H28ClN3O4. The van der Waals surface area contributed by atoms with Gasteiger partial charge in [-0.25, -0.2) is 4.79 Å². The summed E-state index contributed by atoms with van der Waals surface area (Å²) in [6, 6.07) is 8.12. The number of aromatic hydroxyl groups is 1. The molecule has 1 aromatic carbocycles. The first-order valence-electron chi connectivity index (χ1n) is 10.2. The number of benzene rings is 1. The molecule has 2 aromatic rings. The Bertz CT molecular complexity index is 989. The molecule has 2 heterocycles. The zero-order chi connectivity index (χ0) is 20.7. The van der Waals surface area contributed by atoms with Gasteiger partial charge in [0.15, 0.2) is 5.56 Å². The lowest BCUT2D eigenvalue weighted by atomic mass is 9.78. The number of nitrogens with one attached hydrogen (secondary N) is 1. The van der Waals surface area contributed by atoms with Crippen LogP contribution in [0.1, 0.15) is 42.1 Å². The molecule has 2 fully saturated rings. The highest BCUT2D eigenvalue weighted by molar-refractivity contribution is 5.92. The zero-order valence-corrected chi connectivity index (χ0v) is 17.7. The number of pyridine rings is 1. The minimum atomic E-state index is -1.44. The highest BCUT2D eigenvalue weighted by Gasteiger charge is 2.38. The van der Waals surface area contributed by atoms with Crippen molar-refractivity contribution in [2.24, 2.45) is 17.6 Å². The Hall–Kier alpha value is -2.51. The predicted molar refractivity (Wildman–Crippen MR) is 119 cm³/mol. The Morgan fingerprint density at radius 3 is 2.53 bits per heavy atom. The lowest BCUT2D eigenvalue weighted by Crippen LogP contribution is -2.38. The Morgan fingerprint density at radius 2 is 1.93 bits per heavy atom. The molecule has 3 atom stereocenters. The van der Waals surface area contributed by atoms with Gasteiger partial charge in [-0.1, -0.05) is 25.5 Å². The summed E-state index contributed by atoms with van der Waals surface area (Å²) in [5.41, 5.74) is 7.65. The first-order chi connectivity index (χ1) is 13.9. The summed E-state index contributed by atoms with van der Waals surface area (Å²) in [6.07, 6.45) is 3.95. The van der Waals surface area contributed by atoms with Crippen LogP contribution in [0.25, 0.3) is 11.3 Å². The number of nitrogens with two attached hydrogens (primary N) is 1. The number of hydrogen-bond acceptors (Lipinski definition) is 5. The molecule has 7 nitrogen and oxygen atoms in total. The normalized spacial score (nSPS) is 23.0. The molecule has 1 saturated carbocycles. The summed E-state index contributed by atoms with van der Waals surface area (Å²) in [4.78, 5) is 28.5. The van der Waals surface area contributed by atoms with E-state index in [-0.39, 0.29) is 18.4 Å². The van der Waals surface area contributed by atoms with E-state index in [0.29, 0.717) is 29.5 Å². The molecule has 0 radical (unpaired) electrons. The Kier molecular flexibility index (Phi) is 6.43. The van der Waals surface area contributed by atoms with Crippen LogP contribution in [0.5, 0.6) is 5.75 Å². The molecule has 1 aliphatic carbocycles. The summed E-state index contributed by atoms with van der Waals surface area (Å²) in [7, 11) is 0. The number of halogens is 1. The molecular weight excluding hydrogens is 406 g/mol. The first-order valence-corrected chi connectivity index (χ1v) is 10.2. The maximum absolute atomic E-state index is 12.2. The monoisotopic (exact) mass is 433 g/mol. The number of aromatic nitrogens is 1. The van der Waals surface area contributed by atoms with Crippen molar-refractivity contribution in [2.45, 2.75) is 38.6 Å². The lowest BCUT2D eigenvalue weighted by molar-refractivity contribution is 0.0691. The Morgan fingerprint density at radius 1 is 1.23 bits per heavy atom. The summed E-state index contributed by atoms with van der Waals surface area (Å²) >= 11 is 0. The fraction of sp³-hybridized carbons (Fsp3) is 0.455. The number of aromatic carboxylic acids is 1. The molecule has 0 unspecified atom stereocenters. The number of nitrogens with zero attached hydrogens (tertiary/aromatic N) is 1. The van der Waals surface area contributed by atoms with Gasteiger partial charge in [-0.3, -0.25) is 4.79 Å². The van der Waals surface area contributed by atoms with Gasteiger partial charge in [-0.15, -0.1) is 12.4 Å². The molecule has 1 saturated heterocycles. The van der Waals surface area contributed by atoms with E-state index in [9.17, 15) is 19.8 Å². The SMILES string of the molecule is CCc1c(-c2ccc(N3C[C@H]4CCC[C@H](N)[C@H]4C3)cc2)[nH]c(=O)c(C(=O)O)c1O.Cl. The fourth-order valence-corrected chi connectivity index (χ4v) is 4.98. The van der Waals surface area contributed by atoms with Crippen molar-refractivity contribution in [3.63, 3.8) is 0 Å². The van der Waals surface area contributed by atoms with Crippen molar-refractivity contribution in [3.8, 4) is 17.0 Å². The molecule has 4 rings (SSSR count). The van der Waals surface area contributed by atoms with Gasteiger partial charge in [0.05, 0.1) is 5.69 Å². The van der Waals surface area contributed by atoms with Crippen LogP contribution >= 0.6 is 12.4 Å². The summed E-state index contributed by atoms with van der Waals surface area (Å²) in [5, 5.41) is 19.5. The van der Waals surface area contributed by atoms with Crippen molar-refractivity contribution in [1.82, 2.24) is 4.98 Å². The Balaban J connectivity index is 0.00000256. The molecule has 2 aliphatic rings. The average molecular weight is 434 g/mol. The number of hydrogen-bond donors (Lipinski definition) is 4. The van der Waals surface area contributed by atoms with E-state index >= 15 is 0 Å². The second-order valence-electron chi connectivity index (χ2n) is 8.16. The van der Waals surface area contributed by atoms with Crippen LogP contribution in [0, 0.1) is 11.8 Å². The largest absolute Gasteiger partial charge is 0.506 e. The smallest absolute Gasteiger partial charge is 0.345 e. The number of H-pyrrole nitrogens is 1. The molecule has 0 bridgehead atoms. The van der Waals surface area contributed by atoms with Gasteiger partial charge in [0.2, 0.25) is 0 Å². The molecule has 0 amide bonds. The molecule has 1 aromatic heterocycles.